The summed E-state index contributed by atoms with van der Waals surface area (Å²) in [6.07, 6.45) is 3.03. The summed E-state index contributed by atoms with van der Waals surface area (Å²) >= 11 is 1.54. The highest BCUT2D eigenvalue weighted by molar-refractivity contribution is 8.00. The molecule has 1 fully saturated rings. The molecule has 1 amide bonds. The van der Waals surface area contributed by atoms with E-state index in [2.05, 4.69) is 16.6 Å². The molecule has 0 aliphatic carbocycles. The molecule has 1 aromatic heterocycles. The molecule has 8 nitrogen and oxygen atoms in total. The fourth-order valence-corrected chi connectivity index (χ4v) is 4.91. The molecule has 1 saturated heterocycles. The van der Waals surface area contributed by atoms with E-state index in [9.17, 15) is 14.7 Å². The van der Waals surface area contributed by atoms with Crippen LogP contribution < -0.4 is 15.3 Å². The number of anilines is 1. The first-order valence-corrected chi connectivity index (χ1v) is 9.00. The summed E-state index contributed by atoms with van der Waals surface area (Å²) in [5, 5.41) is 9.37. The van der Waals surface area contributed by atoms with E-state index >= 15 is 0 Å². The average Bonchev–Trinajstić information content (AvgIpc) is 2.98. The molecule has 0 bridgehead atoms. The van der Waals surface area contributed by atoms with Crippen molar-refractivity contribution in [2.24, 2.45) is 5.73 Å². The highest BCUT2D eigenvalue weighted by Crippen LogP contribution is 2.39. The Morgan fingerprint density at radius 2 is 2.29 bits per heavy atom. The van der Waals surface area contributed by atoms with Crippen LogP contribution in [-0.2, 0) is 22.7 Å². The number of aromatic nitrogens is 2. The average molecular weight is 350 g/mol. The molecular weight excluding hydrogens is 330 g/mol. The SMILES string of the molecule is CN1CCCn2c1cc[n+]2CC1=C(C(=O)O)N2C(=O)[C@@H](N)[C@H]2SC1. The Morgan fingerprint density at radius 1 is 1.50 bits per heavy atom. The van der Waals surface area contributed by atoms with Gasteiger partial charge in [0.2, 0.25) is 5.91 Å². The second kappa shape index (κ2) is 5.52. The zero-order valence-electron chi connectivity index (χ0n) is 13.4. The molecule has 3 aliphatic rings. The fraction of sp³-hybridized carbons (Fsp3) is 0.533. The monoisotopic (exact) mass is 350 g/mol. The Hall–Kier alpha value is -2.00. The van der Waals surface area contributed by atoms with Crippen LogP contribution in [0.15, 0.2) is 23.5 Å². The van der Waals surface area contributed by atoms with Gasteiger partial charge >= 0.3 is 5.97 Å². The summed E-state index contributed by atoms with van der Waals surface area (Å²) in [5.74, 6) is 0.345. The normalized spacial score (nSPS) is 26.2. The smallest absolute Gasteiger partial charge is 0.352 e. The van der Waals surface area contributed by atoms with E-state index in [1.54, 1.807) is 0 Å². The molecule has 0 unspecified atom stereocenters. The number of carboxylic acids is 1. The molecule has 9 heteroatoms. The van der Waals surface area contributed by atoms with Crippen molar-refractivity contribution < 1.29 is 19.4 Å². The van der Waals surface area contributed by atoms with Crippen LogP contribution in [0.25, 0.3) is 0 Å². The van der Waals surface area contributed by atoms with Crippen LogP contribution in [0.5, 0.6) is 0 Å². The lowest BCUT2D eigenvalue weighted by Crippen LogP contribution is -2.68. The van der Waals surface area contributed by atoms with Gasteiger partial charge in [-0.25, -0.2) is 4.79 Å². The van der Waals surface area contributed by atoms with Gasteiger partial charge in [-0.15, -0.1) is 21.1 Å². The molecule has 24 heavy (non-hydrogen) atoms. The van der Waals surface area contributed by atoms with Crippen molar-refractivity contribution in [2.45, 2.75) is 30.9 Å². The third-order valence-corrected chi connectivity index (χ3v) is 6.23. The summed E-state index contributed by atoms with van der Waals surface area (Å²) in [4.78, 5) is 27.3. The second-order valence-electron chi connectivity index (χ2n) is 6.36. The van der Waals surface area contributed by atoms with Crippen molar-refractivity contribution in [1.29, 1.82) is 0 Å². The first-order chi connectivity index (χ1) is 11.5. The highest BCUT2D eigenvalue weighted by Gasteiger charge is 2.52. The predicted molar refractivity (Wildman–Crippen MR) is 88.2 cm³/mol. The summed E-state index contributed by atoms with van der Waals surface area (Å²) in [7, 11) is 2.05. The van der Waals surface area contributed by atoms with Crippen LogP contribution >= 0.6 is 11.8 Å². The largest absolute Gasteiger partial charge is 0.477 e. The van der Waals surface area contributed by atoms with Crippen molar-refractivity contribution in [3.63, 3.8) is 0 Å². The molecule has 1 aromatic rings. The van der Waals surface area contributed by atoms with Gasteiger partial charge in [-0.05, 0) is 6.42 Å². The first-order valence-electron chi connectivity index (χ1n) is 7.95. The van der Waals surface area contributed by atoms with Gasteiger partial charge in [0.25, 0.3) is 0 Å². The number of carboxylic acid groups (broad SMARTS) is 1. The molecule has 0 spiro atoms. The minimum Gasteiger partial charge on any atom is -0.477 e. The van der Waals surface area contributed by atoms with Gasteiger partial charge < -0.3 is 15.7 Å². The van der Waals surface area contributed by atoms with Gasteiger partial charge in [-0.3, -0.25) is 9.69 Å². The topological polar surface area (TPSA) is 95.7 Å². The van der Waals surface area contributed by atoms with Crippen LogP contribution in [0.1, 0.15) is 6.42 Å². The predicted octanol–water partition coefficient (Wildman–Crippen LogP) is -0.803. The number of nitrogens with zero attached hydrogens (tertiary/aromatic N) is 4. The lowest BCUT2D eigenvalue weighted by molar-refractivity contribution is -0.768. The maximum atomic E-state index is 12.0. The third kappa shape index (κ3) is 2.15. The molecule has 0 saturated carbocycles. The molecule has 3 aliphatic heterocycles. The lowest BCUT2D eigenvalue weighted by atomic mass is 10.0. The number of carbonyl (C=O) groups excluding carboxylic acids is 1. The van der Waals surface area contributed by atoms with E-state index < -0.39 is 12.0 Å². The van der Waals surface area contributed by atoms with Gasteiger partial charge in [0.05, 0.1) is 12.6 Å². The molecule has 3 N–H and O–H groups in total. The molecule has 4 heterocycles. The quantitative estimate of drug-likeness (QED) is 0.547. The Labute approximate surface area is 143 Å². The number of carbonyl (C=O) groups is 2. The molecule has 0 aromatic carbocycles. The summed E-state index contributed by atoms with van der Waals surface area (Å²) in [5.41, 5.74) is 6.65. The molecule has 2 atom stereocenters. The maximum Gasteiger partial charge on any atom is 0.352 e. The van der Waals surface area contributed by atoms with Crippen molar-refractivity contribution >= 4 is 29.5 Å². The van der Waals surface area contributed by atoms with E-state index in [1.165, 1.54) is 16.7 Å². The number of thioether (sulfide) groups is 1. The maximum absolute atomic E-state index is 12.0. The minimum absolute atomic E-state index is 0.109. The Kier molecular flexibility index (Phi) is 3.57. The number of β-lactam (4-membered cyclic amide) rings is 1. The van der Waals surface area contributed by atoms with Crippen molar-refractivity contribution in [2.75, 3.05) is 24.2 Å². The molecule has 128 valence electrons. The van der Waals surface area contributed by atoms with Crippen LogP contribution in [0.2, 0.25) is 0 Å². The fourth-order valence-electron chi connectivity index (χ4n) is 3.63. The number of hydrogen-bond donors (Lipinski definition) is 2. The highest BCUT2D eigenvalue weighted by atomic mass is 32.2. The van der Waals surface area contributed by atoms with Crippen LogP contribution in [0.3, 0.4) is 0 Å². The number of nitrogens with two attached hydrogens (primary N) is 1. The van der Waals surface area contributed by atoms with E-state index in [0.717, 1.165) is 30.9 Å². The summed E-state index contributed by atoms with van der Waals surface area (Å²) < 4.78 is 4.20. The van der Waals surface area contributed by atoms with Gasteiger partial charge in [-0.2, -0.15) is 0 Å². The standard InChI is InChI=1S/C15H19N5O3S/c1-17-4-2-5-19-10(17)3-6-18(19)7-9-8-24-14-11(16)13(21)20(14)12(9)15(22)23/h3,6,11,14H,2,4-5,7-8,16H2,1H3/p+1/t11-,14-/m1/s1. The number of rotatable bonds is 3. The van der Waals surface area contributed by atoms with Crippen molar-refractivity contribution in [1.82, 2.24) is 9.58 Å². The second-order valence-corrected chi connectivity index (χ2v) is 7.47. The van der Waals surface area contributed by atoms with E-state index in [4.69, 9.17) is 5.73 Å². The van der Waals surface area contributed by atoms with E-state index in [-0.39, 0.29) is 17.0 Å². The Morgan fingerprint density at radius 3 is 3.04 bits per heavy atom. The first kappa shape index (κ1) is 15.5. The van der Waals surface area contributed by atoms with E-state index in [0.29, 0.717) is 12.3 Å². The molecule has 4 rings (SSSR count). The number of aliphatic carboxylic acids is 1. The van der Waals surface area contributed by atoms with Crippen molar-refractivity contribution in [3.8, 4) is 0 Å². The third-order valence-electron chi connectivity index (χ3n) is 4.87. The lowest BCUT2D eigenvalue weighted by Gasteiger charge is -2.47. The number of hydrogen-bond acceptors (Lipinski definition) is 5. The summed E-state index contributed by atoms with van der Waals surface area (Å²) in [6, 6.07) is 1.46. The van der Waals surface area contributed by atoms with Crippen LogP contribution in [0, 0.1) is 0 Å². The minimum atomic E-state index is -1.06. The van der Waals surface area contributed by atoms with Gasteiger partial charge in [0, 0.05) is 24.9 Å². The van der Waals surface area contributed by atoms with Crippen LogP contribution in [-0.4, -0.2) is 57.3 Å². The Bertz CT molecular complexity index is 758. The number of fused-ring (bicyclic) bond motifs is 2. The summed E-state index contributed by atoms with van der Waals surface area (Å²) in [6.45, 7) is 2.39. The van der Waals surface area contributed by atoms with Gasteiger partial charge in [0.15, 0.2) is 18.6 Å². The van der Waals surface area contributed by atoms with Gasteiger partial charge in [-0.1, -0.05) is 0 Å². The number of amides is 1. The van der Waals surface area contributed by atoms with Gasteiger partial charge in [0.1, 0.15) is 17.1 Å². The Balaban J connectivity index is 1.68. The zero-order chi connectivity index (χ0) is 17.0. The van der Waals surface area contributed by atoms with E-state index in [1.807, 2.05) is 16.9 Å². The van der Waals surface area contributed by atoms with Crippen molar-refractivity contribution in [3.05, 3.63) is 23.5 Å². The zero-order valence-corrected chi connectivity index (χ0v) is 14.2. The molecule has 0 radical (unpaired) electrons. The van der Waals surface area contributed by atoms with Crippen LogP contribution in [0.4, 0.5) is 5.82 Å². The molecular formula is C15H20N5O3S+.